The standard InChI is InChI=1S/C21H22N2O2/c1-23(14-17-8-5-7-16-6-3-4-9-20(16)17)15-21(24)22-18-10-12-19(25-2)13-11-18/h3-13H,14-15H2,1-2H3,(H,22,24)/p+1. The number of hydrogen-bond donors (Lipinski definition) is 2. The Balaban J connectivity index is 1.61. The van der Waals surface area contributed by atoms with Crippen molar-refractivity contribution in [1.29, 1.82) is 0 Å². The molecular formula is C21H23N2O2+. The van der Waals surface area contributed by atoms with Crippen LogP contribution in [0.25, 0.3) is 10.8 Å². The molecule has 0 radical (unpaired) electrons. The summed E-state index contributed by atoms with van der Waals surface area (Å²) in [4.78, 5) is 13.4. The molecule has 0 aliphatic carbocycles. The minimum Gasteiger partial charge on any atom is -0.497 e. The van der Waals surface area contributed by atoms with Crippen LogP contribution in [0.5, 0.6) is 5.75 Å². The zero-order valence-electron chi connectivity index (χ0n) is 14.6. The van der Waals surface area contributed by atoms with Gasteiger partial charge >= 0.3 is 0 Å². The van der Waals surface area contributed by atoms with Crippen molar-refractivity contribution in [2.24, 2.45) is 0 Å². The van der Waals surface area contributed by atoms with Crippen molar-refractivity contribution in [2.45, 2.75) is 6.54 Å². The van der Waals surface area contributed by atoms with Crippen LogP contribution in [0.2, 0.25) is 0 Å². The molecule has 1 atom stereocenters. The Labute approximate surface area is 148 Å². The molecule has 3 rings (SSSR count). The molecule has 0 aliphatic rings. The third-order valence-electron chi connectivity index (χ3n) is 4.21. The van der Waals surface area contributed by atoms with Gasteiger partial charge in [-0.25, -0.2) is 0 Å². The van der Waals surface area contributed by atoms with E-state index in [2.05, 4.69) is 41.7 Å². The Bertz CT molecular complexity index is 854. The molecule has 0 bridgehead atoms. The van der Waals surface area contributed by atoms with Crippen LogP contribution in [0, 0.1) is 0 Å². The molecule has 4 heteroatoms. The zero-order valence-corrected chi connectivity index (χ0v) is 14.6. The van der Waals surface area contributed by atoms with E-state index in [1.807, 2.05) is 37.4 Å². The average molecular weight is 335 g/mol. The summed E-state index contributed by atoms with van der Waals surface area (Å²) < 4.78 is 5.12. The number of quaternary nitrogens is 1. The minimum atomic E-state index is 0.00269. The van der Waals surface area contributed by atoms with E-state index < -0.39 is 0 Å². The van der Waals surface area contributed by atoms with Crippen molar-refractivity contribution >= 4 is 22.4 Å². The Hall–Kier alpha value is -2.85. The van der Waals surface area contributed by atoms with Gasteiger partial charge in [0.15, 0.2) is 6.54 Å². The third kappa shape index (κ3) is 4.37. The molecule has 1 unspecified atom stereocenters. The highest BCUT2D eigenvalue weighted by Crippen LogP contribution is 2.17. The summed E-state index contributed by atoms with van der Waals surface area (Å²) in [5.74, 6) is 0.777. The van der Waals surface area contributed by atoms with E-state index in [9.17, 15) is 4.79 Å². The number of carbonyl (C=O) groups is 1. The molecule has 128 valence electrons. The van der Waals surface area contributed by atoms with Gasteiger partial charge in [-0.1, -0.05) is 42.5 Å². The monoisotopic (exact) mass is 335 g/mol. The molecule has 0 saturated heterocycles. The number of fused-ring (bicyclic) bond motifs is 1. The first-order valence-electron chi connectivity index (χ1n) is 8.37. The summed E-state index contributed by atoms with van der Waals surface area (Å²) in [7, 11) is 3.66. The molecule has 0 heterocycles. The third-order valence-corrected chi connectivity index (χ3v) is 4.21. The summed E-state index contributed by atoms with van der Waals surface area (Å²) >= 11 is 0. The quantitative estimate of drug-likeness (QED) is 0.727. The highest BCUT2D eigenvalue weighted by molar-refractivity contribution is 5.91. The maximum atomic E-state index is 12.3. The van der Waals surface area contributed by atoms with Gasteiger partial charge in [0.25, 0.3) is 5.91 Å². The second-order valence-corrected chi connectivity index (χ2v) is 6.23. The van der Waals surface area contributed by atoms with Crippen molar-refractivity contribution in [1.82, 2.24) is 0 Å². The van der Waals surface area contributed by atoms with E-state index in [0.717, 1.165) is 22.9 Å². The lowest BCUT2D eigenvalue weighted by molar-refractivity contribution is -0.885. The number of likely N-dealkylation sites (N-methyl/N-ethyl adjacent to an activating group) is 1. The van der Waals surface area contributed by atoms with Crippen LogP contribution in [0.4, 0.5) is 5.69 Å². The molecule has 4 nitrogen and oxygen atoms in total. The Morgan fingerprint density at radius 2 is 1.72 bits per heavy atom. The number of hydrogen-bond acceptors (Lipinski definition) is 2. The van der Waals surface area contributed by atoms with E-state index in [1.165, 1.54) is 16.3 Å². The van der Waals surface area contributed by atoms with Gasteiger partial charge in [-0.15, -0.1) is 0 Å². The van der Waals surface area contributed by atoms with Crippen LogP contribution in [0.1, 0.15) is 5.56 Å². The van der Waals surface area contributed by atoms with E-state index in [4.69, 9.17) is 4.74 Å². The second kappa shape index (κ2) is 7.81. The number of amides is 1. The second-order valence-electron chi connectivity index (χ2n) is 6.23. The topological polar surface area (TPSA) is 42.8 Å². The Kier molecular flexibility index (Phi) is 5.31. The summed E-state index contributed by atoms with van der Waals surface area (Å²) in [5.41, 5.74) is 2.04. The van der Waals surface area contributed by atoms with Crippen molar-refractivity contribution in [3.05, 3.63) is 72.3 Å². The fourth-order valence-corrected chi connectivity index (χ4v) is 2.99. The normalized spacial score (nSPS) is 11.9. The van der Waals surface area contributed by atoms with Crippen molar-refractivity contribution in [2.75, 3.05) is 26.0 Å². The number of rotatable bonds is 6. The predicted molar refractivity (Wildman–Crippen MR) is 101 cm³/mol. The highest BCUT2D eigenvalue weighted by Gasteiger charge is 2.12. The molecule has 0 fully saturated rings. The number of nitrogens with one attached hydrogen (secondary N) is 2. The van der Waals surface area contributed by atoms with Gasteiger partial charge in [0.05, 0.1) is 14.2 Å². The van der Waals surface area contributed by atoms with Gasteiger partial charge in [0.2, 0.25) is 0 Å². The summed E-state index contributed by atoms with van der Waals surface area (Å²) in [6.45, 7) is 1.21. The molecule has 0 aromatic heterocycles. The molecule has 0 saturated carbocycles. The SMILES string of the molecule is COc1ccc(NC(=O)C[NH+](C)Cc2cccc3ccccc23)cc1. The Morgan fingerprint density at radius 1 is 1.00 bits per heavy atom. The molecule has 2 N–H and O–H groups in total. The van der Waals surface area contributed by atoms with Crippen LogP contribution in [-0.4, -0.2) is 26.6 Å². The van der Waals surface area contributed by atoms with Gasteiger partial charge in [-0.05, 0) is 35.0 Å². The first kappa shape index (κ1) is 17.0. The maximum absolute atomic E-state index is 12.3. The van der Waals surface area contributed by atoms with E-state index in [0.29, 0.717) is 6.54 Å². The first-order valence-corrected chi connectivity index (χ1v) is 8.37. The summed E-state index contributed by atoms with van der Waals surface area (Å²) in [5, 5.41) is 5.41. The fourth-order valence-electron chi connectivity index (χ4n) is 2.99. The molecule has 3 aromatic carbocycles. The Morgan fingerprint density at radius 3 is 2.48 bits per heavy atom. The number of ether oxygens (including phenoxy) is 1. The van der Waals surface area contributed by atoms with Crippen molar-refractivity contribution < 1.29 is 14.4 Å². The zero-order chi connectivity index (χ0) is 17.6. The molecule has 1 amide bonds. The number of benzene rings is 3. The molecule has 0 spiro atoms. The molecular weight excluding hydrogens is 312 g/mol. The van der Waals surface area contributed by atoms with E-state index >= 15 is 0 Å². The van der Waals surface area contributed by atoms with Gasteiger partial charge in [-0.3, -0.25) is 4.79 Å². The number of carbonyl (C=O) groups excluding carboxylic acids is 1. The highest BCUT2D eigenvalue weighted by atomic mass is 16.5. The molecule has 3 aromatic rings. The molecule has 25 heavy (non-hydrogen) atoms. The van der Waals surface area contributed by atoms with Gasteiger partial charge < -0.3 is 15.0 Å². The van der Waals surface area contributed by atoms with Gasteiger partial charge in [0.1, 0.15) is 12.3 Å². The van der Waals surface area contributed by atoms with E-state index in [-0.39, 0.29) is 5.91 Å². The lowest BCUT2D eigenvalue weighted by Crippen LogP contribution is -3.08. The largest absolute Gasteiger partial charge is 0.497 e. The van der Waals surface area contributed by atoms with E-state index in [1.54, 1.807) is 7.11 Å². The average Bonchev–Trinajstić information content (AvgIpc) is 2.62. The van der Waals surface area contributed by atoms with Crippen molar-refractivity contribution in [3.8, 4) is 5.75 Å². The summed E-state index contributed by atoms with van der Waals surface area (Å²) in [6, 6.07) is 22.0. The maximum Gasteiger partial charge on any atom is 0.279 e. The fraction of sp³-hybridized carbons (Fsp3) is 0.190. The minimum absolute atomic E-state index is 0.00269. The van der Waals surface area contributed by atoms with Gasteiger partial charge in [0, 0.05) is 11.3 Å². The van der Waals surface area contributed by atoms with Crippen LogP contribution in [0.15, 0.2) is 66.7 Å². The number of anilines is 1. The van der Waals surface area contributed by atoms with Crippen LogP contribution in [-0.2, 0) is 11.3 Å². The smallest absolute Gasteiger partial charge is 0.279 e. The van der Waals surface area contributed by atoms with Crippen LogP contribution >= 0.6 is 0 Å². The molecule has 0 aliphatic heterocycles. The predicted octanol–water partition coefficient (Wildman–Crippen LogP) is 2.50. The van der Waals surface area contributed by atoms with Gasteiger partial charge in [-0.2, -0.15) is 0 Å². The van der Waals surface area contributed by atoms with Crippen molar-refractivity contribution in [3.63, 3.8) is 0 Å². The van der Waals surface area contributed by atoms with Crippen LogP contribution < -0.4 is 15.0 Å². The lowest BCUT2D eigenvalue weighted by Gasteiger charge is -2.15. The lowest BCUT2D eigenvalue weighted by atomic mass is 10.0. The first-order chi connectivity index (χ1) is 12.2. The number of methoxy groups -OCH3 is 1. The van der Waals surface area contributed by atoms with Crippen LogP contribution in [0.3, 0.4) is 0 Å². The summed E-state index contributed by atoms with van der Waals surface area (Å²) in [6.07, 6.45) is 0.